The van der Waals surface area contributed by atoms with Gasteiger partial charge in [0.1, 0.15) is 11.5 Å². The van der Waals surface area contributed by atoms with Crippen molar-refractivity contribution in [3.05, 3.63) is 57.0 Å². The first-order valence-corrected chi connectivity index (χ1v) is 7.36. The van der Waals surface area contributed by atoms with Gasteiger partial charge < -0.3 is 10.1 Å². The molecule has 2 aromatic carbocycles. The molecule has 0 spiro atoms. The van der Waals surface area contributed by atoms with Gasteiger partial charge in [-0.15, -0.1) is 0 Å². The quantitative estimate of drug-likeness (QED) is 0.776. The van der Waals surface area contributed by atoms with Gasteiger partial charge in [0.2, 0.25) is 0 Å². The number of benzene rings is 2. The van der Waals surface area contributed by atoms with Gasteiger partial charge in [0.25, 0.3) is 0 Å². The van der Waals surface area contributed by atoms with Crippen LogP contribution in [-0.2, 0) is 6.54 Å². The Hall–Kier alpha value is -0.930. The van der Waals surface area contributed by atoms with Crippen LogP contribution in [0.15, 0.2) is 36.4 Å². The van der Waals surface area contributed by atoms with E-state index >= 15 is 0 Å². The maximum atomic E-state index is 6.22. The minimum Gasteiger partial charge on any atom is -0.455 e. The number of nitrogens with one attached hydrogen (secondary N) is 1. The van der Waals surface area contributed by atoms with Gasteiger partial charge in [-0.05, 0) is 30.8 Å². The number of ether oxygens (including phenoxy) is 1. The van der Waals surface area contributed by atoms with E-state index in [9.17, 15) is 0 Å². The van der Waals surface area contributed by atoms with Gasteiger partial charge in [-0.1, -0.05) is 47.8 Å². The van der Waals surface area contributed by atoms with Gasteiger partial charge in [-0.2, -0.15) is 0 Å². The summed E-state index contributed by atoms with van der Waals surface area (Å²) in [4.78, 5) is 0. The topological polar surface area (TPSA) is 21.3 Å². The molecule has 0 aliphatic carbocycles. The highest BCUT2D eigenvalue weighted by atomic mass is 35.5. The molecule has 2 nitrogen and oxygen atoms in total. The molecule has 0 aromatic heterocycles. The van der Waals surface area contributed by atoms with Crippen molar-refractivity contribution in [3.63, 3.8) is 0 Å². The molecule has 0 saturated heterocycles. The van der Waals surface area contributed by atoms with Gasteiger partial charge >= 0.3 is 0 Å². The van der Waals surface area contributed by atoms with Crippen LogP contribution in [0.4, 0.5) is 0 Å². The van der Waals surface area contributed by atoms with Crippen molar-refractivity contribution in [3.8, 4) is 11.5 Å². The number of rotatable bonds is 5. The third-order valence-corrected chi connectivity index (χ3v) is 3.64. The summed E-state index contributed by atoms with van der Waals surface area (Å²) in [6, 6.07) is 10.6. The third kappa shape index (κ3) is 3.80. The molecular weight excluding hydrogens is 317 g/mol. The Bertz CT molecular complexity index is 602. The largest absolute Gasteiger partial charge is 0.455 e. The summed E-state index contributed by atoms with van der Waals surface area (Å²) in [6.07, 6.45) is 0. The summed E-state index contributed by atoms with van der Waals surface area (Å²) in [7, 11) is 0. The van der Waals surface area contributed by atoms with Crippen LogP contribution < -0.4 is 10.1 Å². The molecule has 0 saturated carbocycles. The molecule has 0 unspecified atom stereocenters. The predicted octanol–water partition coefficient (Wildman–Crippen LogP) is 5.55. The molecule has 0 heterocycles. The molecule has 0 aliphatic rings. The van der Waals surface area contributed by atoms with E-state index in [1.54, 1.807) is 18.2 Å². The van der Waals surface area contributed by atoms with Gasteiger partial charge in [0.15, 0.2) is 0 Å². The fraction of sp³-hybridized carbons (Fsp3) is 0.200. The van der Waals surface area contributed by atoms with Crippen LogP contribution in [0.5, 0.6) is 11.5 Å². The monoisotopic (exact) mass is 329 g/mol. The summed E-state index contributed by atoms with van der Waals surface area (Å²) >= 11 is 18.3. The normalized spacial score (nSPS) is 10.6. The maximum absolute atomic E-state index is 6.22. The van der Waals surface area contributed by atoms with Crippen LogP contribution in [0.3, 0.4) is 0 Å². The smallest absolute Gasteiger partial charge is 0.147 e. The average molecular weight is 331 g/mol. The van der Waals surface area contributed by atoms with Gasteiger partial charge in [-0.25, -0.2) is 0 Å². The molecule has 2 rings (SSSR count). The highest BCUT2D eigenvalue weighted by molar-refractivity contribution is 6.34. The zero-order valence-corrected chi connectivity index (χ0v) is 13.2. The summed E-state index contributed by atoms with van der Waals surface area (Å²) in [5.41, 5.74) is 0.895. The molecule has 0 atom stereocenters. The lowest BCUT2D eigenvalue weighted by molar-refractivity contribution is 0.473. The van der Waals surface area contributed by atoms with E-state index in [1.165, 1.54) is 0 Å². The first-order chi connectivity index (χ1) is 9.61. The van der Waals surface area contributed by atoms with E-state index in [1.807, 2.05) is 25.1 Å². The van der Waals surface area contributed by atoms with Crippen molar-refractivity contribution < 1.29 is 4.74 Å². The minimum absolute atomic E-state index is 0.503. The van der Waals surface area contributed by atoms with Crippen molar-refractivity contribution in [1.82, 2.24) is 5.32 Å². The van der Waals surface area contributed by atoms with E-state index in [2.05, 4.69) is 5.32 Å². The fourth-order valence-electron chi connectivity index (χ4n) is 1.73. The molecule has 106 valence electrons. The summed E-state index contributed by atoms with van der Waals surface area (Å²) in [6.45, 7) is 3.51. The Labute approximate surface area is 133 Å². The Balaban J connectivity index is 2.33. The van der Waals surface area contributed by atoms with Crippen molar-refractivity contribution in [2.24, 2.45) is 0 Å². The van der Waals surface area contributed by atoms with Crippen molar-refractivity contribution in [2.75, 3.05) is 6.54 Å². The molecule has 0 amide bonds. The lowest BCUT2D eigenvalue weighted by atomic mass is 10.2. The number of halogens is 3. The zero-order valence-electron chi connectivity index (χ0n) is 10.9. The van der Waals surface area contributed by atoms with Crippen LogP contribution in [-0.4, -0.2) is 6.54 Å². The van der Waals surface area contributed by atoms with E-state index in [4.69, 9.17) is 39.5 Å². The van der Waals surface area contributed by atoms with Gasteiger partial charge in [0.05, 0.1) is 5.02 Å². The maximum Gasteiger partial charge on any atom is 0.147 e. The standard InChI is InChI=1S/C15H14Cl3NO/c1-2-19-9-11-12(17)4-3-5-14(11)20-15-8-10(16)6-7-13(15)18/h3-8,19H,2,9H2,1H3. The van der Waals surface area contributed by atoms with E-state index in [0.717, 1.165) is 12.1 Å². The van der Waals surface area contributed by atoms with Crippen LogP contribution >= 0.6 is 34.8 Å². The highest BCUT2D eigenvalue weighted by Crippen LogP contribution is 2.35. The number of hydrogen-bond acceptors (Lipinski definition) is 2. The fourth-order valence-corrected chi connectivity index (χ4v) is 2.28. The SMILES string of the molecule is CCNCc1c(Cl)cccc1Oc1cc(Cl)ccc1Cl. The van der Waals surface area contributed by atoms with E-state index in [0.29, 0.717) is 33.1 Å². The highest BCUT2D eigenvalue weighted by Gasteiger charge is 2.11. The van der Waals surface area contributed by atoms with Crippen LogP contribution in [0, 0.1) is 0 Å². The average Bonchev–Trinajstić information content (AvgIpc) is 2.42. The molecule has 5 heteroatoms. The van der Waals surface area contributed by atoms with Crippen LogP contribution in [0.25, 0.3) is 0 Å². The Kier molecular flexibility index (Phi) is 5.55. The molecular formula is C15H14Cl3NO. The van der Waals surface area contributed by atoms with Gasteiger partial charge in [-0.3, -0.25) is 0 Å². The molecule has 2 aromatic rings. The van der Waals surface area contributed by atoms with Gasteiger partial charge in [0, 0.05) is 28.2 Å². The summed E-state index contributed by atoms with van der Waals surface area (Å²) < 4.78 is 5.86. The first-order valence-electron chi connectivity index (χ1n) is 6.23. The van der Waals surface area contributed by atoms with Crippen molar-refractivity contribution >= 4 is 34.8 Å². The van der Waals surface area contributed by atoms with Crippen molar-refractivity contribution in [1.29, 1.82) is 0 Å². The summed E-state index contributed by atoms with van der Waals surface area (Å²) in [5, 5.41) is 4.96. The molecule has 20 heavy (non-hydrogen) atoms. The predicted molar refractivity (Wildman–Crippen MR) is 85.4 cm³/mol. The molecule has 0 aliphatic heterocycles. The van der Waals surface area contributed by atoms with Crippen molar-refractivity contribution in [2.45, 2.75) is 13.5 Å². The minimum atomic E-state index is 0.503. The second-order valence-electron chi connectivity index (χ2n) is 4.17. The Morgan fingerprint density at radius 1 is 1.00 bits per heavy atom. The molecule has 0 fully saturated rings. The Morgan fingerprint density at radius 3 is 2.55 bits per heavy atom. The molecule has 0 bridgehead atoms. The molecule has 0 radical (unpaired) electrons. The lowest BCUT2D eigenvalue weighted by Crippen LogP contribution is -2.12. The first kappa shape index (κ1) is 15.5. The second-order valence-corrected chi connectivity index (χ2v) is 5.42. The third-order valence-electron chi connectivity index (χ3n) is 2.74. The van der Waals surface area contributed by atoms with E-state index < -0.39 is 0 Å². The Morgan fingerprint density at radius 2 is 1.80 bits per heavy atom. The van der Waals surface area contributed by atoms with E-state index in [-0.39, 0.29) is 0 Å². The van der Waals surface area contributed by atoms with Crippen LogP contribution in [0.1, 0.15) is 12.5 Å². The second kappa shape index (κ2) is 7.19. The number of hydrogen-bond donors (Lipinski definition) is 1. The lowest BCUT2D eigenvalue weighted by Gasteiger charge is -2.14. The zero-order chi connectivity index (χ0) is 14.5. The summed E-state index contributed by atoms with van der Waals surface area (Å²) in [5.74, 6) is 1.18. The molecule has 1 N–H and O–H groups in total. The van der Waals surface area contributed by atoms with Crippen LogP contribution in [0.2, 0.25) is 15.1 Å².